The monoisotopic (exact) mass is 466 g/mol. The van der Waals surface area contributed by atoms with Crippen LogP contribution in [-0.4, -0.2) is 45.8 Å². The molecule has 9 nitrogen and oxygen atoms in total. The minimum atomic E-state index is -3.90. The number of amides is 3. The molecule has 2 N–H and O–H groups in total. The SMILES string of the molecule is CCOC(=O)NC(=O)c1c(NC(=O)CS(=O)(=O)c2ccc(OC)cc2)sc2c1CCC2. The maximum absolute atomic E-state index is 12.6. The highest BCUT2D eigenvalue weighted by Crippen LogP contribution is 2.39. The van der Waals surface area contributed by atoms with Gasteiger partial charge in [0.15, 0.2) is 9.84 Å². The lowest BCUT2D eigenvalue weighted by atomic mass is 10.1. The molecule has 1 aliphatic rings. The Morgan fingerprint density at radius 3 is 2.48 bits per heavy atom. The van der Waals surface area contributed by atoms with Crippen LogP contribution in [0.4, 0.5) is 9.80 Å². The topological polar surface area (TPSA) is 128 Å². The molecule has 166 valence electrons. The fourth-order valence-electron chi connectivity index (χ4n) is 3.26. The molecule has 0 atom stereocenters. The molecule has 1 heterocycles. The molecule has 1 aromatic heterocycles. The number of rotatable bonds is 7. The number of carbonyl (C=O) groups excluding carboxylic acids is 3. The van der Waals surface area contributed by atoms with Crippen LogP contribution < -0.4 is 15.4 Å². The first kappa shape index (κ1) is 22.8. The lowest BCUT2D eigenvalue weighted by Gasteiger charge is -2.09. The van der Waals surface area contributed by atoms with Gasteiger partial charge in [-0.05, 0) is 56.0 Å². The molecule has 0 aliphatic heterocycles. The Balaban J connectivity index is 1.78. The number of alkyl carbamates (subject to hydrolysis) is 1. The zero-order chi connectivity index (χ0) is 22.6. The molecular formula is C20H22N2O7S2. The molecule has 1 aliphatic carbocycles. The van der Waals surface area contributed by atoms with Crippen molar-refractivity contribution in [2.24, 2.45) is 0 Å². The summed E-state index contributed by atoms with van der Waals surface area (Å²) in [5.41, 5.74) is 0.945. The average Bonchev–Trinajstić information content (AvgIpc) is 3.28. The summed E-state index contributed by atoms with van der Waals surface area (Å²) in [6.45, 7) is 1.72. The van der Waals surface area contributed by atoms with Gasteiger partial charge in [-0.3, -0.25) is 14.9 Å². The summed E-state index contributed by atoms with van der Waals surface area (Å²) < 4.78 is 34.9. The van der Waals surface area contributed by atoms with Gasteiger partial charge in [-0.15, -0.1) is 11.3 Å². The van der Waals surface area contributed by atoms with Crippen molar-refractivity contribution in [3.63, 3.8) is 0 Å². The van der Waals surface area contributed by atoms with Crippen LogP contribution in [0.15, 0.2) is 29.2 Å². The molecule has 0 unspecified atom stereocenters. The predicted molar refractivity (Wildman–Crippen MR) is 115 cm³/mol. The van der Waals surface area contributed by atoms with Gasteiger partial charge in [0.2, 0.25) is 5.91 Å². The number of hydrogen-bond acceptors (Lipinski definition) is 8. The normalized spacial score (nSPS) is 12.7. The first-order chi connectivity index (χ1) is 14.7. The van der Waals surface area contributed by atoms with Crippen molar-refractivity contribution in [1.29, 1.82) is 0 Å². The molecule has 3 rings (SSSR count). The van der Waals surface area contributed by atoms with Gasteiger partial charge in [0.25, 0.3) is 5.91 Å². The number of fused-ring (bicyclic) bond motifs is 1. The number of sulfone groups is 1. The number of nitrogens with one attached hydrogen (secondary N) is 2. The molecule has 11 heteroatoms. The average molecular weight is 467 g/mol. The summed E-state index contributed by atoms with van der Waals surface area (Å²) in [4.78, 5) is 37.7. The van der Waals surface area contributed by atoms with Crippen molar-refractivity contribution in [3.05, 3.63) is 40.3 Å². The van der Waals surface area contributed by atoms with E-state index in [1.165, 1.54) is 42.7 Å². The van der Waals surface area contributed by atoms with Crippen LogP contribution in [0, 0.1) is 0 Å². The van der Waals surface area contributed by atoms with Crippen LogP contribution in [0.25, 0.3) is 0 Å². The van der Waals surface area contributed by atoms with Gasteiger partial charge in [0.05, 0.1) is 24.2 Å². The van der Waals surface area contributed by atoms with E-state index in [2.05, 4.69) is 10.6 Å². The standard InChI is InChI=1S/C20H22N2O7S2/c1-3-29-20(25)22-18(24)17-14-5-4-6-15(14)30-19(17)21-16(23)11-31(26,27)13-9-7-12(28-2)8-10-13/h7-10H,3-6,11H2,1-2H3,(H,21,23)(H,22,24,25). The number of aryl methyl sites for hydroxylation is 1. The van der Waals surface area contributed by atoms with E-state index >= 15 is 0 Å². The first-order valence-electron chi connectivity index (χ1n) is 9.54. The lowest BCUT2D eigenvalue weighted by molar-refractivity contribution is -0.113. The van der Waals surface area contributed by atoms with Crippen LogP contribution in [0.1, 0.15) is 34.1 Å². The van der Waals surface area contributed by atoms with Gasteiger partial charge in [0.1, 0.15) is 16.5 Å². The molecule has 0 bridgehead atoms. The molecule has 2 aromatic rings. The number of methoxy groups -OCH3 is 1. The number of anilines is 1. The van der Waals surface area contributed by atoms with Crippen molar-refractivity contribution in [2.75, 3.05) is 24.8 Å². The molecule has 31 heavy (non-hydrogen) atoms. The second-order valence-corrected chi connectivity index (χ2v) is 9.81. The zero-order valence-electron chi connectivity index (χ0n) is 17.0. The highest BCUT2D eigenvalue weighted by molar-refractivity contribution is 7.92. The summed E-state index contributed by atoms with van der Waals surface area (Å²) in [5.74, 6) is -1.76. The first-order valence-corrected chi connectivity index (χ1v) is 12.0. The Morgan fingerprint density at radius 2 is 1.84 bits per heavy atom. The van der Waals surface area contributed by atoms with E-state index < -0.39 is 33.5 Å². The number of imide groups is 1. The van der Waals surface area contributed by atoms with Gasteiger partial charge >= 0.3 is 6.09 Å². The minimum absolute atomic E-state index is 0.0163. The quantitative estimate of drug-likeness (QED) is 0.642. The zero-order valence-corrected chi connectivity index (χ0v) is 18.7. The van der Waals surface area contributed by atoms with Crippen LogP contribution in [0.2, 0.25) is 0 Å². The third kappa shape index (κ3) is 5.23. The van der Waals surface area contributed by atoms with E-state index in [1.54, 1.807) is 6.92 Å². The van der Waals surface area contributed by atoms with E-state index in [4.69, 9.17) is 9.47 Å². The summed E-state index contributed by atoms with van der Waals surface area (Å²) in [5, 5.41) is 4.90. The Morgan fingerprint density at radius 1 is 1.13 bits per heavy atom. The predicted octanol–water partition coefficient (Wildman–Crippen LogP) is 2.54. The highest BCUT2D eigenvalue weighted by atomic mass is 32.2. The molecule has 3 amide bonds. The molecule has 0 radical (unpaired) electrons. The Hall–Kier alpha value is -2.92. The third-order valence-electron chi connectivity index (χ3n) is 4.63. The summed E-state index contributed by atoms with van der Waals surface area (Å²) in [7, 11) is -2.43. The van der Waals surface area contributed by atoms with E-state index in [1.807, 2.05) is 0 Å². The Bertz CT molecular complexity index is 1110. The summed E-state index contributed by atoms with van der Waals surface area (Å²) >= 11 is 1.22. The van der Waals surface area contributed by atoms with Crippen LogP contribution in [-0.2, 0) is 32.2 Å². The fraction of sp³-hybridized carbons (Fsp3) is 0.350. The number of ether oxygens (including phenoxy) is 2. The van der Waals surface area contributed by atoms with Gasteiger partial charge in [-0.2, -0.15) is 0 Å². The van der Waals surface area contributed by atoms with Gasteiger partial charge < -0.3 is 14.8 Å². The third-order valence-corrected chi connectivity index (χ3v) is 7.47. The minimum Gasteiger partial charge on any atom is -0.497 e. The maximum atomic E-state index is 12.6. The second kappa shape index (κ2) is 9.48. The van der Waals surface area contributed by atoms with Crippen LogP contribution in [0.5, 0.6) is 5.75 Å². The molecule has 0 spiro atoms. The van der Waals surface area contributed by atoms with Crippen molar-refractivity contribution in [3.8, 4) is 5.75 Å². The van der Waals surface area contributed by atoms with E-state index in [9.17, 15) is 22.8 Å². The molecule has 0 saturated heterocycles. The number of thiophene rings is 1. The van der Waals surface area contributed by atoms with E-state index in [-0.39, 0.29) is 22.1 Å². The molecule has 0 fully saturated rings. The van der Waals surface area contributed by atoms with Gasteiger partial charge in [0, 0.05) is 4.88 Å². The smallest absolute Gasteiger partial charge is 0.414 e. The van der Waals surface area contributed by atoms with Crippen LogP contribution >= 0.6 is 11.3 Å². The lowest BCUT2D eigenvalue weighted by Crippen LogP contribution is -2.32. The van der Waals surface area contributed by atoms with Gasteiger partial charge in [-0.25, -0.2) is 13.2 Å². The molecular weight excluding hydrogens is 444 g/mol. The van der Waals surface area contributed by atoms with Gasteiger partial charge in [-0.1, -0.05) is 0 Å². The Labute approximate surface area is 183 Å². The van der Waals surface area contributed by atoms with Crippen molar-refractivity contribution >= 4 is 44.1 Å². The Kier molecular flexibility index (Phi) is 6.96. The molecule has 0 saturated carbocycles. The molecule has 1 aromatic carbocycles. The van der Waals surface area contributed by atoms with E-state index in [0.29, 0.717) is 12.2 Å². The van der Waals surface area contributed by atoms with E-state index in [0.717, 1.165) is 23.3 Å². The second-order valence-electron chi connectivity index (χ2n) is 6.72. The number of carbonyl (C=O) groups is 3. The summed E-state index contributed by atoms with van der Waals surface area (Å²) in [6.07, 6.45) is 1.36. The highest BCUT2D eigenvalue weighted by Gasteiger charge is 2.29. The fourth-order valence-corrected chi connectivity index (χ4v) is 5.69. The summed E-state index contributed by atoms with van der Waals surface area (Å²) in [6, 6.07) is 5.71. The number of hydrogen-bond donors (Lipinski definition) is 2. The van der Waals surface area contributed by atoms with Crippen molar-refractivity contribution in [2.45, 2.75) is 31.1 Å². The van der Waals surface area contributed by atoms with Crippen molar-refractivity contribution < 1.29 is 32.3 Å². The van der Waals surface area contributed by atoms with Crippen molar-refractivity contribution in [1.82, 2.24) is 5.32 Å². The van der Waals surface area contributed by atoms with Crippen LogP contribution in [0.3, 0.4) is 0 Å². The number of benzene rings is 1. The maximum Gasteiger partial charge on any atom is 0.414 e. The largest absolute Gasteiger partial charge is 0.497 e.